The van der Waals surface area contributed by atoms with Gasteiger partial charge in [0.25, 0.3) is 12.0 Å². The minimum atomic E-state index is -2.74. The molecule has 0 radical (unpaired) electrons. The summed E-state index contributed by atoms with van der Waals surface area (Å²) < 4.78 is 24.7. The number of alkyl halides is 3. The van der Waals surface area contributed by atoms with Gasteiger partial charge < -0.3 is 4.98 Å². The van der Waals surface area contributed by atoms with Crippen LogP contribution in [0.4, 0.5) is 8.78 Å². The van der Waals surface area contributed by atoms with Crippen molar-refractivity contribution in [1.82, 2.24) is 4.98 Å². The van der Waals surface area contributed by atoms with E-state index in [1.54, 1.807) is 0 Å². The van der Waals surface area contributed by atoms with Gasteiger partial charge in [0, 0.05) is 10.9 Å². The topological polar surface area (TPSA) is 56.6 Å². The third-order valence-electron chi connectivity index (χ3n) is 1.89. The van der Waals surface area contributed by atoms with Gasteiger partial charge in [0.05, 0.1) is 18.2 Å². The summed E-state index contributed by atoms with van der Waals surface area (Å²) in [7, 11) is 0. The van der Waals surface area contributed by atoms with Crippen molar-refractivity contribution >= 4 is 15.9 Å². The van der Waals surface area contributed by atoms with E-state index in [1.807, 2.05) is 6.07 Å². The molecule has 6 heteroatoms. The molecule has 0 aliphatic carbocycles. The van der Waals surface area contributed by atoms with E-state index in [2.05, 4.69) is 20.9 Å². The lowest BCUT2D eigenvalue weighted by molar-refractivity contribution is 0.145. The Labute approximate surface area is 92.9 Å². The average molecular weight is 277 g/mol. The van der Waals surface area contributed by atoms with Gasteiger partial charge in [-0.3, -0.25) is 4.79 Å². The molecule has 0 unspecified atom stereocenters. The Hall–Kier alpha value is -1.22. The zero-order valence-corrected chi connectivity index (χ0v) is 9.14. The zero-order valence-electron chi connectivity index (χ0n) is 7.56. The molecule has 1 rings (SSSR count). The highest BCUT2D eigenvalue weighted by Gasteiger charge is 2.13. The minimum absolute atomic E-state index is 0.0510. The van der Waals surface area contributed by atoms with Crippen LogP contribution in [-0.4, -0.2) is 4.98 Å². The van der Waals surface area contributed by atoms with Gasteiger partial charge in [0.1, 0.15) is 0 Å². The number of aromatic amines is 1. The summed E-state index contributed by atoms with van der Waals surface area (Å²) in [4.78, 5) is 13.4. The molecule has 0 saturated heterocycles. The normalized spacial score (nSPS) is 10.3. The lowest BCUT2D eigenvalue weighted by Gasteiger charge is -2.06. The Balaban J connectivity index is 3.33. The quantitative estimate of drug-likeness (QED) is 0.861. The summed E-state index contributed by atoms with van der Waals surface area (Å²) in [5, 5.41) is 8.73. The van der Waals surface area contributed by atoms with Gasteiger partial charge in [-0.1, -0.05) is 15.9 Å². The molecule has 0 bridgehead atoms. The predicted molar refractivity (Wildman–Crippen MR) is 54.0 cm³/mol. The number of hydrogen-bond donors (Lipinski definition) is 1. The van der Waals surface area contributed by atoms with Crippen LogP contribution < -0.4 is 5.56 Å². The van der Waals surface area contributed by atoms with Crippen molar-refractivity contribution < 1.29 is 8.78 Å². The Morgan fingerprint density at radius 3 is 2.73 bits per heavy atom. The average Bonchev–Trinajstić information content (AvgIpc) is 2.17. The lowest BCUT2D eigenvalue weighted by Crippen LogP contribution is -2.16. The summed E-state index contributed by atoms with van der Waals surface area (Å²) >= 11 is 3.07. The highest BCUT2D eigenvalue weighted by Crippen LogP contribution is 2.18. The van der Waals surface area contributed by atoms with E-state index >= 15 is 0 Å². The molecule has 0 aliphatic rings. The fourth-order valence-corrected chi connectivity index (χ4v) is 1.78. The highest BCUT2D eigenvalue weighted by atomic mass is 79.9. The van der Waals surface area contributed by atoms with Gasteiger partial charge in [-0.05, 0) is 11.6 Å². The number of nitrogens with one attached hydrogen (secondary N) is 1. The van der Waals surface area contributed by atoms with Crippen molar-refractivity contribution in [3.05, 3.63) is 33.2 Å². The summed E-state index contributed by atoms with van der Waals surface area (Å²) in [6.45, 7) is 0. The third-order valence-corrected chi connectivity index (χ3v) is 2.45. The number of rotatable bonds is 3. The van der Waals surface area contributed by atoms with Crippen LogP contribution in [0.2, 0.25) is 0 Å². The van der Waals surface area contributed by atoms with Crippen molar-refractivity contribution in [3.8, 4) is 6.07 Å². The van der Waals surface area contributed by atoms with Gasteiger partial charge in [0.15, 0.2) is 0 Å². The fourth-order valence-electron chi connectivity index (χ4n) is 1.17. The maximum absolute atomic E-state index is 12.3. The standard InChI is InChI=1S/C9H7BrF2N2O/c10-4-6-5(1-2-13)3-7(8(11)12)14-9(6)15/h3,8H,1,4H2,(H,14,15). The molecule has 1 aromatic heterocycles. The van der Waals surface area contributed by atoms with Crippen LogP contribution in [-0.2, 0) is 11.8 Å². The van der Waals surface area contributed by atoms with E-state index in [-0.39, 0.29) is 11.8 Å². The first-order chi connectivity index (χ1) is 7.10. The van der Waals surface area contributed by atoms with E-state index in [1.165, 1.54) is 0 Å². The number of pyridine rings is 1. The SMILES string of the molecule is N#CCc1cc(C(F)F)[nH]c(=O)c1CBr. The largest absolute Gasteiger partial charge is 0.321 e. The third kappa shape index (κ3) is 2.63. The predicted octanol–water partition coefficient (Wildman–Crippen LogP) is 2.27. The van der Waals surface area contributed by atoms with Gasteiger partial charge in [-0.15, -0.1) is 0 Å². The Kier molecular flexibility index (Phi) is 3.97. The molecular weight excluding hydrogens is 270 g/mol. The van der Waals surface area contributed by atoms with Crippen LogP contribution >= 0.6 is 15.9 Å². The number of H-pyrrole nitrogens is 1. The maximum Gasteiger partial charge on any atom is 0.278 e. The van der Waals surface area contributed by atoms with Crippen LogP contribution in [0, 0.1) is 11.3 Å². The number of nitriles is 1. The smallest absolute Gasteiger partial charge is 0.278 e. The van der Waals surface area contributed by atoms with Crippen molar-refractivity contribution in [2.24, 2.45) is 0 Å². The van der Waals surface area contributed by atoms with Gasteiger partial charge in [0.2, 0.25) is 0 Å². The Morgan fingerprint density at radius 1 is 1.60 bits per heavy atom. The van der Waals surface area contributed by atoms with Crippen LogP contribution in [0.15, 0.2) is 10.9 Å². The zero-order chi connectivity index (χ0) is 11.4. The number of halogens is 3. The van der Waals surface area contributed by atoms with Crippen molar-refractivity contribution in [2.45, 2.75) is 18.2 Å². The maximum atomic E-state index is 12.3. The molecule has 0 atom stereocenters. The molecule has 1 heterocycles. The number of aromatic nitrogens is 1. The van der Waals surface area contributed by atoms with Gasteiger partial charge in [-0.2, -0.15) is 5.26 Å². The molecule has 0 aromatic carbocycles. The summed E-state index contributed by atoms with van der Waals surface area (Å²) in [5.41, 5.74) is -0.362. The molecule has 80 valence electrons. The second-order valence-electron chi connectivity index (χ2n) is 2.83. The molecule has 0 saturated carbocycles. The second kappa shape index (κ2) is 5.03. The van der Waals surface area contributed by atoms with Gasteiger partial charge in [-0.25, -0.2) is 8.78 Å². The summed E-state index contributed by atoms with van der Waals surface area (Å²) in [6.07, 6.45) is -2.79. The first-order valence-electron chi connectivity index (χ1n) is 4.06. The van der Waals surface area contributed by atoms with Crippen LogP contribution in [0.3, 0.4) is 0 Å². The molecule has 3 nitrogen and oxygen atoms in total. The summed E-state index contributed by atoms with van der Waals surface area (Å²) in [6, 6.07) is 2.99. The monoisotopic (exact) mass is 276 g/mol. The Bertz CT molecular complexity index is 450. The van der Waals surface area contributed by atoms with Crippen LogP contribution in [0.1, 0.15) is 23.2 Å². The fraction of sp³-hybridized carbons (Fsp3) is 0.333. The molecule has 0 fully saturated rings. The summed E-state index contributed by atoms with van der Waals surface area (Å²) in [5.74, 6) is 0. The molecule has 1 N–H and O–H groups in total. The van der Waals surface area contributed by atoms with E-state index in [9.17, 15) is 13.6 Å². The van der Waals surface area contributed by atoms with Crippen LogP contribution in [0.25, 0.3) is 0 Å². The van der Waals surface area contributed by atoms with Gasteiger partial charge >= 0.3 is 0 Å². The number of hydrogen-bond acceptors (Lipinski definition) is 2. The van der Waals surface area contributed by atoms with E-state index in [0.717, 1.165) is 6.07 Å². The second-order valence-corrected chi connectivity index (χ2v) is 3.39. The van der Waals surface area contributed by atoms with Crippen LogP contribution in [0.5, 0.6) is 0 Å². The van der Waals surface area contributed by atoms with E-state index < -0.39 is 17.7 Å². The highest BCUT2D eigenvalue weighted by molar-refractivity contribution is 9.08. The van der Waals surface area contributed by atoms with E-state index in [0.29, 0.717) is 11.1 Å². The van der Waals surface area contributed by atoms with Crippen molar-refractivity contribution in [1.29, 1.82) is 5.26 Å². The Morgan fingerprint density at radius 2 is 2.27 bits per heavy atom. The van der Waals surface area contributed by atoms with Crippen molar-refractivity contribution in [2.75, 3.05) is 0 Å². The first kappa shape index (κ1) is 11.9. The van der Waals surface area contributed by atoms with Crippen molar-refractivity contribution in [3.63, 3.8) is 0 Å². The lowest BCUT2D eigenvalue weighted by atomic mass is 10.1. The molecule has 1 aromatic rings. The number of nitrogens with zero attached hydrogens (tertiary/aromatic N) is 1. The molecule has 0 spiro atoms. The molecular formula is C9H7BrF2N2O. The first-order valence-corrected chi connectivity index (χ1v) is 5.18. The minimum Gasteiger partial charge on any atom is -0.321 e. The van der Waals surface area contributed by atoms with E-state index in [4.69, 9.17) is 5.26 Å². The molecule has 0 amide bonds. The molecule has 15 heavy (non-hydrogen) atoms. The molecule has 0 aliphatic heterocycles.